The Kier molecular flexibility index (Phi) is 13.8. The van der Waals surface area contributed by atoms with E-state index in [1.54, 1.807) is 48.5 Å². The maximum absolute atomic E-state index is 13.1. The largest absolute Gasteiger partial charge is 1.00 e. The summed E-state index contributed by atoms with van der Waals surface area (Å²) >= 11 is 11.8. The molecule has 0 unspecified atom stereocenters. The van der Waals surface area contributed by atoms with Crippen LogP contribution in [0.15, 0.2) is 69.8 Å². The fourth-order valence-electron chi connectivity index (χ4n) is 4.62. The summed E-state index contributed by atoms with van der Waals surface area (Å²) in [4.78, 5) is 37.6. The van der Waals surface area contributed by atoms with Crippen LogP contribution < -0.4 is 29.6 Å². The Bertz CT molecular complexity index is 2230. The van der Waals surface area contributed by atoms with Gasteiger partial charge in [-0.1, -0.05) is 35.3 Å². The number of carbonyl (C=O) groups is 2. The average molecular weight is 781 g/mol. The van der Waals surface area contributed by atoms with E-state index in [2.05, 4.69) is 24.7 Å². The first kappa shape index (κ1) is 42.2. The molecule has 52 heavy (non-hydrogen) atoms. The molecule has 0 bridgehead atoms. The number of carboxylic acid groups (broad SMARTS) is 1. The molecule has 6 rings (SSSR count). The number of aromatic nitrogens is 4. The third-order valence-electron chi connectivity index (χ3n) is 6.67. The predicted molar refractivity (Wildman–Crippen MR) is 167 cm³/mol. The van der Waals surface area contributed by atoms with Gasteiger partial charge in [0.1, 0.15) is 0 Å². The minimum absolute atomic E-state index is 0. The fourth-order valence-corrected chi connectivity index (χ4v) is 4.95. The van der Waals surface area contributed by atoms with Gasteiger partial charge < -0.3 is 24.2 Å². The Morgan fingerprint density at radius 1 is 0.750 bits per heavy atom. The van der Waals surface area contributed by atoms with E-state index in [1.165, 1.54) is 19.3 Å². The number of oxazole rings is 2. The SMILES string of the molecule is CCOC(=O)c1oc(Cc2ccc3ncc(Cl)cc3c2)nc1C(F)(F)F.O=C(O)c1oc(Cc2ccc3ncc(Cl)cc3c2)nc1C(F)(F)F.[Na+].[OH-]. The van der Waals surface area contributed by atoms with Crippen LogP contribution in [-0.4, -0.2) is 49.1 Å². The van der Waals surface area contributed by atoms with Crippen molar-refractivity contribution in [2.75, 3.05) is 6.61 Å². The van der Waals surface area contributed by atoms with E-state index in [-0.39, 0.29) is 66.3 Å². The van der Waals surface area contributed by atoms with Gasteiger partial charge in [0, 0.05) is 36.0 Å². The molecule has 4 heterocycles. The molecule has 0 saturated heterocycles. The summed E-state index contributed by atoms with van der Waals surface area (Å²) in [6.45, 7) is 1.40. The van der Waals surface area contributed by atoms with E-state index in [1.807, 2.05) is 0 Å². The summed E-state index contributed by atoms with van der Waals surface area (Å²) in [7, 11) is 0. The molecular formula is C32H21Cl2F6N4NaO7. The minimum atomic E-state index is -4.91. The van der Waals surface area contributed by atoms with Crippen molar-refractivity contribution in [3.63, 3.8) is 0 Å². The van der Waals surface area contributed by atoms with Gasteiger partial charge in [0.15, 0.2) is 23.2 Å². The second kappa shape index (κ2) is 17.0. The van der Waals surface area contributed by atoms with Gasteiger partial charge in [-0.05, 0) is 54.4 Å². The van der Waals surface area contributed by atoms with Gasteiger partial charge in [-0.25, -0.2) is 19.6 Å². The number of esters is 1. The molecule has 0 spiro atoms. The van der Waals surface area contributed by atoms with E-state index in [0.29, 0.717) is 37.6 Å². The number of hydrogen-bond acceptors (Lipinski definition) is 10. The van der Waals surface area contributed by atoms with Gasteiger partial charge in [-0.2, -0.15) is 26.3 Å². The van der Waals surface area contributed by atoms with Crippen LogP contribution in [0.5, 0.6) is 0 Å². The Labute approximate surface area is 320 Å². The average Bonchev–Trinajstić information content (AvgIpc) is 3.67. The summed E-state index contributed by atoms with van der Waals surface area (Å²) in [6, 6.07) is 13.4. The standard InChI is InChI=1S/C17H12ClF3N2O3.C15H8ClF3N2O3.Na.H2O/c1-2-25-16(24)14-15(17(19,20)21)23-13(26-14)6-9-3-4-12-10(5-9)7-11(18)8-22-12;16-9-5-8-3-7(1-2-10(8)20-6-9)4-11-21-13(15(17,18)19)12(24-11)14(22)23;;/h3-5,7-8H,2,6H2,1H3;1-3,5-6H,4H2,(H,22,23);;1H2/q;;+1;/p-1. The molecule has 0 aliphatic carbocycles. The molecule has 0 aliphatic heterocycles. The first-order chi connectivity index (χ1) is 23.5. The number of halogens is 8. The number of carbonyl (C=O) groups excluding carboxylic acids is 1. The maximum Gasteiger partial charge on any atom is 1.00 e. The molecular weight excluding hydrogens is 760 g/mol. The number of benzene rings is 2. The Morgan fingerprint density at radius 2 is 1.17 bits per heavy atom. The Balaban J connectivity index is 0.000000271. The third kappa shape index (κ3) is 10.2. The van der Waals surface area contributed by atoms with Gasteiger partial charge in [-0.15, -0.1) is 0 Å². The molecule has 2 aromatic carbocycles. The zero-order chi connectivity index (χ0) is 36.4. The van der Waals surface area contributed by atoms with E-state index in [9.17, 15) is 35.9 Å². The summed E-state index contributed by atoms with van der Waals surface area (Å²) in [5.41, 5.74) is -0.371. The number of nitrogens with zero attached hydrogens (tertiary/aromatic N) is 4. The number of alkyl halides is 6. The van der Waals surface area contributed by atoms with Crippen molar-refractivity contribution in [3.8, 4) is 0 Å². The molecule has 2 N–H and O–H groups in total. The molecule has 20 heteroatoms. The maximum atomic E-state index is 13.1. The Hall–Kier alpha value is -4.26. The van der Waals surface area contributed by atoms with Gasteiger partial charge in [0.25, 0.3) is 0 Å². The van der Waals surface area contributed by atoms with Crippen molar-refractivity contribution in [1.29, 1.82) is 0 Å². The van der Waals surface area contributed by atoms with Crippen LogP contribution >= 0.6 is 23.2 Å². The van der Waals surface area contributed by atoms with Gasteiger partial charge in [-0.3, -0.25) is 9.97 Å². The molecule has 0 atom stereocenters. The second-order valence-corrected chi connectivity index (χ2v) is 11.2. The van der Waals surface area contributed by atoms with Gasteiger partial charge in [0.05, 0.1) is 27.7 Å². The van der Waals surface area contributed by atoms with Crippen LogP contribution in [-0.2, 0) is 29.9 Å². The van der Waals surface area contributed by atoms with E-state index in [4.69, 9.17) is 37.1 Å². The first-order valence-electron chi connectivity index (χ1n) is 14.1. The van der Waals surface area contributed by atoms with Crippen molar-refractivity contribution in [3.05, 3.63) is 117 Å². The van der Waals surface area contributed by atoms with Crippen LogP contribution in [0.3, 0.4) is 0 Å². The summed E-state index contributed by atoms with van der Waals surface area (Å²) < 4.78 is 92.1. The number of rotatable bonds is 7. The smallest absolute Gasteiger partial charge is 0.870 e. The first-order valence-corrected chi connectivity index (χ1v) is 14.9. The summed E-state index contributed by atoms with van der Waals surface area (Å²) in [5.74, 6) is -5.77. The van der Waals surface area contributed by atoms with Gasteiger partial charge >= 0.3 is 53.8 Å². The molecule has 0 amide bonds. The molecule has 11 nitrogen and oxygen atoms in total. The molecule has 6 aromatic rings. The monoisotopic (exact) mass is 780 g/mol. The fraction of sp³-hybridized carbons (Fsp3) is 0.188. The zero-order valence-electron chi connectivity index (χ0n) is 26.6. The molecule has 4 aromatic heterocycles. The molecule has 0 fully saturated rings. The minimum Gasteiger partial charge on any atom is -0.870 e. The van der Waals surface area contributed by atoms with Crippen molar-refractivity contribution in [1.82, 2.24) is 19.9 Å². The Morgan fingerprint density at radius 3 is 1.56 bits per heavy atom. The van der Waals surface area contributed by atoms with E-state index < -0.39 is 47.2 Å². The molecule has 0 radical (unpaired) electrons. The third-order valence-corrected chi connectivity index (χ3v) is 7.08. The van der Waals surface area contributed by atoms with Crippen molar-refractivity contribution < 1.29 is 89.6 Å². The molecule has 268 valence electrons. The van der Waals surface area contributed by atoms with Gasteiger partial charge in [0.2, 0.25) is 11.5 Å². The van der Waals surface area contributed by atoms with Crippen LogP contribution in [0.2, 0.25) is 10.0 Å². The van der Waals surface area contributed by atoms with Crippen LogP contribution in [0.25, 0.3) is 21.8 Å². The van der Waals surface area contributed by atoms with Crippen LogP contribution in [0.4, 0.5) is 26.3 Å². The zero-order valence-corrected chi connectivity index (χ0v) is 30.2. The van der Waals surface area contributed by atoms with Crippen LogP contribution in [0, 0.1) is 0 Å². The van der Waals surface area contributed by atoms with Crippen molar-refractivity contribution >= 4 is 56.9 Å². The summed E-state index contributed by atoms with van der Waals surface area (Å²) in [5, 5.41) is 11.1. The number of fused-ring (bicyclic) bond motifs is 2. The number of ether oxygens (including phenoxy) is 1. The van der Waals surface area contributed by atoms with E-state index in [0.717, 1.165) is 5.39 Å². The number of pyridine rings is 2. The molecule has 0 aliphatic rings. The van der Waals surface area contributed by atoms with Crippen molar-refractivity contribution in [2.24, 2.45) is 0 Å². The summed E-state index contributed by atoms with van der Waals surface area (Å²) in [6.07, 6.45) is -6.89. The normalized spacial score (nSPS) is 11.3. The van der Waals surface area contributed by atoms with Crippen LogP contribution in [0.1, 0.15) is 62.3 Å². The quantitative estimate of drug-likeness (QED) is 0.120. The number of aromatic carboxylic acids is 1. The number of carboxylic acids is 1. The topological polar surface area (TPSA) is 171 Å². The van der Waals surface area contributed by atoms with Crippen molar-refractivity contribution in [2.45, 2.75) is 32.1 Å². The molecule has 0 saturated carbocycles. The van der Waals surface area contributed by atoms with E-state index >= 15 is 0 Å². The predicted octanol–water partition coefficient (Wildman–Crippen LogP) is 5.67. The number of hydrogen-bond donors (Lipinski definition) is 1. The second-order valence-electron chi connectivity index (χ2n) is 10.3.